The van der Waals surface area contributed by atoms with E-state index < -0.39 is 10.0 Å². The van der Waals surface area contributed by atoms with Crippen LogP contribution in [0.15, 0.2) is 57.9 Å². The minimum absolute atomic E-state index is 0.281. The van der Waals surface area contributed by atoms with Crippen LogP contribution in [0.4, 0.5) is 5.69 Å². The molecule has 2 aromatic rings. The zero-order valence-electron chi connectivity index (χ0n) is 14.0. The first-order valence-electron chi connectivity index (χ1n) is 8.15. The summed E-state index contributed by atoms with van der Waals surface area (Å²) in [5.41, 5.74) is 1.06. The largest absolute Gasteiger partial charge is 0.497 e. The van der Waals surface area contributed by atoms with Gasteiger partial charge in [0.15, 0.2) is 0 Å². The Kier molecular flexibility index (Phi) is 5.66. The van der Waals surface area contributed by atoms with Gasteiger partial charge in [0.2, 0.25) is 10.0 Å². The average molecular weight is 425 g/mol. The van der Waals surface area contributed by atoms with Crippen molar-refractivity contribution in [3.63, 3.8) is 0 Å². The molecule has 0 unspecified atom stereocenters. The van der Waals surface area contributed by atoms with Crippen molar-refractivity contribution in [1.29, 1.82) is 0 Å². The van der Waals surface area contributed by atoms with Crippen LogP contribution in [0, 0.1) is 0 Å². The van der Waals surface area contributed by atoms with Gasteiger partial charge < -0.3 is 10.1 Å². The van der Waals surface area contributed by atoms with Gasteiger partial charge in [-0.2, -0.15) is 4.31 Å². The van der Waals surface area contributed by atoms with Crippen LogP contribution in [0.1, 0.15) is 12.8 Å². The van der Waals surface area contributed by atoms with Gasteiger partial charge in [-0.1, -0.05) is 15.9 Å². The van der Waals surface area contributed by atoms with Crippen molar-refractivity contribution in [1.82, 2.24) is 4.31 Å². The number of sulfonamides is 1. The summed E-state index contributed by atoms with van der Waals surface area (Å²) in [5, 5.41) is 3.48. The number of ether oxygens (including phenoxy) is 1. The van der Waals surface area contributed by atoms with Crippen LogP contribution < -0.4 is 10.1 Å². The van der Waals surface area contributed by atoms with Gasteiger partial charge >= 0.3 is 0 Å². The predicted molar refractivity (Wildman–Crippen MR) is 103 cm³/mol. The highest BCUT2D eigenvalue weighted by molar-refractivity contribution is 9.10. The van der Waals surface area contributed by atoms with Crippen molar-refractivity contribution in [3.05, 3.63) is 53.0 Å². The summed E-state index contributed by atoms with van der Waals surface area (Å²) >= 11 is 3.42. The van der Waals surface area contributed by atoms with Crippen LogP contribution in [0.25, 0.3) is 0 Å². The molecule has 7 heteroatoms. The number of anilines is 1. The molecule has 1 fully saturated rings. The Labute approximate surface area is 157 Å². The number of methoxy groups -OCH3 is 1. The molecule has 0 amide bonds. The number of halogens is 1. The number of hydrogen-bond acceptors (Lipinski definition) is 4. The van der Waals surface area contributed by atoms with Gasteiger partial charge in [0.1, 0.15) is 5.75 Å². The summed E-state index contributed by atoms with van der Waals surface area (Å²) in [4.78, 5) is 0.313. The molecule has 0 aliphatic carbocycles. The van der Waals surface area contributed by atoms with Gasteiger partial charge in [-0.05, 0) is 61.4 Å². The molecule has 134 valence electrons. The van der Waals surface area contributed by atoms with E-state index in [-0.39, 0.29) is 6.04 Å². The van der Waals surface area contributed by atoms with Crippen molar-refractivity contribution in [3.8, 4) is 5.75 Å². The lowest BCUT2D eigenvalue weighted by Crippen LogP contribution is -2.42. The molecule has 1 aliphatic rings. The third-order valence-electron chi connectivity index (χ3n) is 4.37. The highest BCUT2D eigenvalue weighted by Crippen LogP contribution is 2.24. The monoisotopic (exact) mass is 424 g/mol. The molecule has 1 N–H and O–H groups in total. The summed E-state index contributed by atoms with van der Waals surface area (Å²) in [6.07, 6.45) is 1.57. The lowest BCUT2D eigenvalue weighted by atomic mass is 10.1. The minimum atomic E-state index is -3.45. The number of nitrogens with zero attached hydrogens (tertiary/aromatic N) is 1. The van der Waals surface area contributed by atoms with Crippen molar-refractivity contribution in [2.24, 2.45) is 0 Å². The Bertz CT molecular complexity index is 799. The molecule has 0 saturated carbocycles. The van der Waals surface area contributed by atoms with Gasteiger partial charge in [-0.25, -0.2) is 8.42 Å². The number of piperidine rings is 1. The second kappa shape index (κ2) is 7.76. The Morgan fingerprint density at radius 3 is 2.20 bits per heavy atom. The average Bonchev–Trinajstić information content (AvgIpc) is 2.64. The third kappa shape index (κ3) is 4.34. The van der Waals surface area contributed by atoms with Crippen molar-refractivity contribution in [2.45, 2.75) is 23.8 Å². The second-order valence-electron chi connectivity index (χ2n) is 6.01. The molecule has 1 saturated heterocycles. The van der Waals surface area contributed by atoms with Gasteiger partial charge in [0, 0.05) is 29.3 Å². The Balaban J connectivity index is 1.61. The van der Waals surface area contributed by atoms with Gasteiger partial charge in [-0.3, -0.25) is 0 Å². The molecule has 0 spiro atoms. The molecule has 0 radical (unpaired) electrons. The van der Waals surface area contributed by atoms with E-state index in [2.05, 4.69) is 21.2 Å². The summed E-state index contributed by atoms with van der Waals surface area (Å²) in [6, 6.07) is 14.8. The highest BCUT2D eigenvalue weighted by Gasteiger charge is 2.29. The van der Waals surface area contributed by atoms with Crippen molar-refractivity contribution in [2.75, 3.05) is 25.5 Å². The van der Waals surface area contributed by atoms with E-state index in [1.165, 1.54) is 0 Å². The van der Waals surface area contributed by atoms with E-state index in [0.29, 0.717) is 23.7 Å². The van der Waals surface area contributed by atoms with Gasteiger partial charge in [0.25, 0.3) is 0 Å². The molecule has 0 aromatic heterocycles. The van der Waals surface area contributed by atoms with Crippen molar-refractivity contribution < 1.29 is 13.2 Å². The van der Waals surface area contributed by atoms with Crippen LogP contribution in [-0.4, -0.2) is 39.0 Å². The fourth-order valence-corrected chi connectivity index (χ4v) is 4.65. The van der Waals surface area contributed by atoms with Crippen LogP contribution in [0.3, 0.4) is 0 Å². The van der Waals surface area contributed by atoms with E-state index in [0.717, 1.165) is 23.0 Å². The normalized spacial score (nSPS) is 16.6. The molecule has 5 nitrogen and oxygen atoms in total. The molecule has 25 heavy (non-hydrogen) atoms. The molecule has 1 heterocycles. The first-order chi connectivity index (χ1) is 12.0. The fraction of sp³-hybridized carbons (Fsp3) is 0.333. The first-order valence-corrected chi connectivity index (χ1v) is 10.4. The summed E-state index contributed by atoms with van der Waals surface area (Å²) < 4.78 is 33.2. The summed E-state index contributed by atoms with van der Waals surface area (Å²) in [6.45, 7) is 1.03. The lowest BCUT2D eigenvalue weighted by Gasteiger charge is -2.32. The van der Waals surface area contributed by atoms with E-state index in [9.17, 15) is 8.42 Å². The number of hydrogen-bond donors (Lipinski definition) is 1. The maximum absolute atomic E-state index is 12.7. The number of nitrogens with one attached hydrogen (secondary N) is 1. The standard InChI is InChI=1S/C18H21BrN2O3S/c1-24-17-6-8-18(9-7-17)25(22,23)21-12-10-16(11-13-21)20-15-4-2-14(19)3-5-15/h2-9,16,20H,10-13H2,1H3. The van der Waals surface area contributed by atoms with Crippen molar-refractivity contribution >= 4 is 31.6 Å². The van der Waals surface area contributed by atoms with Crippen LogP contribution in [0.5, 0.6) is 5.75 Å². The molecular weight excluding hydrogens is 404 g/mol. The second-order valence-corrected chi connectivity index (χ2v) is 8.86. The quantitative estimate of drug-likeness (QED) is 0.794. The Morgan fingerprint density at radius 2 is 1.64 bits per heavy atom. The van der Waals surface area contributed by atoms with E-state index in [1.54, 1.807) is 35.7 Å². The SMILES string of the molecule is COc1ccc(S(=O)(=O)N2CCC(Nc3ccc(Br)cc3)CC2)cc1. The summed E-state index contributed by atoms with van der Waals surface area (Å²) in [5.74, 6) is 0.649. The lowest BCUT2D eigenvalue weighted by molar-refractivity contribution is 0.329. The van der Waals surface area contributed by atoms with Crippen LogP contribution in [-0.2, 0) is 10.0 Å². The first kappa shape index (κ1) is 18.2. The molecular formula is C18H21BrN2O3S. The van der Waals surface area contributed by atoms with E-state index in [4.69, 9.17) is 4.74 Å². The van der Waals surface area contributed by atoms with Gasteiger partial charge in [0.05, 0.1) is 12.0 Å². The topological polar surface area (TPSA) is 58.6 Å². The summed E-state index contributed by atoms with van der Waals surface area (Å²) in [7, 11) is -1.88. The van der Waals surface area contributed by atoms with E-state index >= 15 is 0 Å². The van der Waals surface area contributed by atoms with Gasteiger partial charge in [-0.15, -0.1) is 0 Å². The fourth-order valence-electron chi connectivity index (χ4n) is 2.92. The van der Waals surface area contributed by atoms with Crippen LogP contribution in [0.2, 0.25) is 0 Å². The van der Waals surface area contributed by atoms with Crippen LogP contribution >= 0.6 is 15.9 Å². The minimum Gasteiger partial charge on any atom is -0.497 e. The molecule has 0 atom stereocenters. The molecule has 1 aliphatic heterocycles. The maximum atomic E-state index is 12.7. The molecule has 3 rings (SSSR count). The smallest absolute Gasteiger partial charge is 0.243 e. The maximum Gasteiger partial charge on any atom is 0.243 e. The zero-order chi connectivity index (χ0) is 17.9. The zero-order valence-corrected chi connectivity index (χ0v) is 16.4. The van der Waals surface area contributed by atoms with E-state index in [1.807, 2.05) is 24.3 Å². The number of rotatable bonds is 5. The molecule has 2 aromatic carbocycles. The Hall–Kier alpha value is -1.57. The Morgan fingerprint density at radius 1 is 1.04 bits per heavy atom. The third-order valence-corrected chi connectivity index (χ3v) is 6.81. The molecule has 0 bridgehead atoms. The predicted octanol–water partition coefficient (Wildman–Crippen LogP) is 3.72. The highest BCUT2D eigenvalue weighted by atomic mass is 79.9. The number of benzene rings is 2.